The minimum Gasteiger partial charge on any atom is -0.370 e. The van der Waals surface area contributed by atoms with Gasteiger partial charge in [-0.3, -0.25) is 14.2 Å². The number of nitrogens with zero attached hydrogens (tertiary/aromatic N) is 3. The molecule has 1 aliphatic rings. The highest BCUT2D eigenvalue weighted by molar-refractivity contribution is 9.10. The van der Waals surface area contributed by atoms with Crippen LogP contribution in [0.2, 0.25) is 0 Å². The van der Waals surface area contributed by atoms with Gasteiger partial charge in [-0.25, -0.2) is 9.97 Å². The van der Waals surface area contributed by atoms with E-state index >= 15 is 0 Å². The highest BCUT2D eigenvalue weighted by Gasteiger charge is 2.31. The maximum Gasteiger partial charge on any atom is 0.271 e. The number of aromatic nitrogens is 3. The van der Waals surface area contributed by atoms with Gasteiger partial charge in [0.25, 0.3) is 5.56 Å². The Morgan fingerprint density at radius 1 is 1.26 bits per heavy atom. The molecule has 0 saturated heterocycles. The molecule has 0 N–H and O–H groups in total. The summed E-state index contributed by atoms with van der Waals surface area (Å²) in [5.41, 5.74) is 3.91. The second-order valence-corrected chi connectivity index (χ2v) is 10.4. The first-order valence-electron chi connectivity index (χ1n) is 9.96. The van der Waals surface area contributed by atoms with Crippen molar-refractivity contribution in [1.29, 1.82) is 0 Å². The van der Waals surface area contributed by atoms with Gasteiger partial charge < -0.3 is 4.74 Å². The number of rotatable bonds is 3. The molecule has 4 heterocycles. The van der Waals surface area contributed by atoms with Gasteiger partial charge in [0, 0.05) is 33.1 Å². The Kier molecular flexibility index (Phi) is 4.84. The molecule has 0 amide bonds. The van der Waals surface area contributed by atoms with Gasteiger partial charge in [-0.2, -0.15) is 0 Å². The lowest BCUT2D eigenvalue weighted by Crippen LogP contribution is -2.32. The van der Waals surface area contributed by atoms with Crippen LogP contribution in [-0.2, 0) is 24.3 Å². The molecule has 1 aliphatic heterocycles. The molecule has 0 aliphatic carbocycles. The zero-order valence-electron chi connectivity index (χ0n) is 17.4. The van der Waals surface area contributed by atoms with Crippen LogP contribution < -0.4 is 5.56 Å². The van der Waals surface area contributed by atoms with Crippen molar-refractivity contribution in [2.75, 3.05) is 0 Å². The first-order valence-corrected chi connectivity index (χ1v) is 11.6. The summed E-state index contributed by atoms with van der Waals surface area (Å²) in [6.45, 7) is 6.57. The van der Waals surface area contributed by atoms with E-state index in [1.54, 1.807) is 12.1 Å². The number of fused-ring (bicyclic) bond motifs is 5. The maximum absolute atomic E-state index is 13.2. The lowest BCUT2D eigenvalue weighted by atomic mass is 9.89. The standard InChI is InChI=1S/C23H20BrN3O3S/c1-12-16-10-30-23(2,3)8-15(16)18-19-20(31-21(18)26-12)22(29)27(11-25-19)9-17(28)13-4-6-14(24)7-5-13/h4-7,11H,8-10H2,1-3H3. The van der Waals surface area contributed by atoms with E-state index in [2.05, 4.69) is 34.8 Å². The molecule has 8 heteroatoms. The predicted molar refractivity (Wildman–Crippen MR) is 125 cm³/mol. The summed E-state index contributed by atoms with van der Waals surface area (Å²) in [6, 6.07) is 7.11. The van der Waals surface area contributed by atoms with Crippen LogP contribution in [0.3, 0.4) is 0 Å². The van der Waals surface area contributed by atoms with E-state index in [-0.39, 0.29) is 23.5 Å². The molecule has 1 aromatic carbocycles. The number of carbonyl (C=O) groups excluding carboxylic acids is 1. The minimum atomic E-state index is -0.284. The van der Waals surface area contributed by atoms with Crippen LogP contribution in [0.5, 0.6) is 0 Å². The molecule has 31 heavy (non-hydrogen) atoms. The number of ether oxygens (including phenoxy) is 1. The SMILES string of the molecule is Cc1nc2sc3c(=O)n(CC(=O)c4ccc(Br)cc4)cnc3c2c2c1COC(C)(C)C2. The van der Waals surface area contributed by atoms with Crippen LogP contribution in [0.1, 0.15) is 41.0 Å². The number of ketones is 1. The van der Waals surface area contributed by atoms with Crippen LogP contribution in [0.25, 0.3) is 20.4 Å². The highest BCUT2D eigenvalue weighted by Crippen LogP contribution is 2.39. The van der Waals surface area contributed by atoms with Crippen LogP contribution in [0.4, 0.5) is 0 Å². The third kappa shape index (κ3) is 3.52. The van der Waals surface area contributed by atoms with Gasteiger partial charge in [0.2, 0.25) is 0 Å². The maximum atomic E-state index is 13.2. The first-order chi connectivity index (χ1) is 14.7. The number of hydrogen-bond acceptors (Lipinski definition) is 6. The number of benzene rings is 1. The number of pyridine rings is 1. The Bertz CT molecular complexity index is 1420. The van der Waals surface area contributed by atoms with Crippen molar-refractivity contribution in [3.05, 3.63) is 67.8 Å². The van der Waals surface area contributed by atoms with Gasteiger partial charge in [-0.15, -0.1) is 11.3 Å². The second-order valence-electron chi connectivity index (χ2n) is 8.45. The van der Waals surface area contributed by atoms with E-state index < -0.39 is 0 Å². The average Bonchev–Trinajstić information content (AvgIpc) is 3.09. The Hall–Kier alpha value is -2.42. The van der Waals surface area contributed by atoms with E-state index in [1.165, 1.54) is 27.8 Å². The van der Waals surface area contributed by atoms with Crippen molar-refractivity contribution in [3.63, 3.8) is 0 Å². The zero-order valence-corrected chi connectivity index (χ0v) is 19.8. The van der Waals surface area contributed by atoms with Crippen molar-refractivity contribution in [2.45, 2.75) is 45.9 Å². The molecule has 0 spiro atoms. The lowest BCUT2D eigenvalue weighted by Gasteiger charge is -2.32. The van der Waals surface area contributed by atoms with Gasteiger partial charge >= 0.3 is 0 Å². The zero-order chi connectivity index (χ0) is 21.9. The van der Waals surface area contributed by atoms with Crippen LogP contribution in [-0.4, -0.2) is 25.9 Å². The smallest absolute Gasteiger partial charge is 0.271 e. The molecular formula is C23H20BrN3O3S. The van der Waals surface area contributed by atoms with Gasteiger partial charge in [-0.05, 0) is 38.5 Å². The van der Waals surface area contributed by atoms with Gasteiger partial charge in [-0.1, -0.05) is 28.1 Å². The number of aryl methyl sites for hydroxylation is 1. The summed E-state index contributed by atoms with van der Waals surface area (Å²) in [7, 11) is 0. The van der Waals surface area contributed by atoms with Crippen LogP contribution in [0, 0.1) is 6.92 Å². The molecule has 5 rings (SSSR count). The summed E-state index contributed by atoms with van der Waals surface area (Å²) in [5, 5.41) is 0.945. The van der Waals surface area contributed by atoms with Crippen LogP contribution >= 0.6 is 27.3 Å². The molecule has 0 saturated carbocycles. The molecule has 3 aromatic heterocycles. The third-order valence-electron chi connectivity index (χ3n) is 5.71. The average molecular weight is 498 g/mol. The number of halogens is 1. The summed E-state index contributed by atoms with van der Waals surface area (Å²) in [4.78, 5) is 36.0. The highest BCUT2D eigenvalue weighted by atomic mass is 79.9. The first kappa shape index (κ1) is 20.5. The number of hydrogen-bond donors (Lipinski definition) is 0. The van der Waals surface area contributed by atoms with Crippen LogP contribution in [0.15, 0.2) is 39.9 Å². The topological polar surface area (TPSA) is 74.1 Å². The van der Waals surface area contributed by atoms with E-state index in [0.29, 0.717) is 22.4 Å². The van der Waals surface area contributed by atoms with Gasteiger partial charge in [0.05, 0.1) is 30.6 Å². The molecule has 0 unspecified atom stereocenters. The van der Waals surface area contributed by atoms with Crippen molar-refractivity contribution < 1.29 is 9.53 Å². The lowest BCUT2D eigenvalue weighted by molar-refractivity contribution is -0.0400. The monoisotopic (exact) mass is 497 g/mol. The fraction of sp³-hybridized carbons (Fsp3) is 0.304. The van der Waals surface area contributed by atoms with Crippen molar-refractivity contribution >= 4 is 53.5 Å². The Morgan fingerprint density at radius 3 is 2.74 bits per heavy atom. The number of carbonyl (C=O) groups is 1. The van der Waals surface area contributed by atoms with Crippen molar-refractivity contribution in [1.82, 2.24) is 14.5 Å². The van der Waals surface area contributed by atoms with Crippen molar-refractivity contribution in [2.24, 2.45) is 0 Å². The molecule has 158 valence electrons. The van der Waals surface area contributed by atoms with E-state index in [4.69, 9.17) is 9.72 Å². The molecule has 0 fully saturated rings. The molecule has 0 bridgehead atoms. The fourth-order valence-corrected chi connectivity index (χ4v) is 5.47. The Morgan fingerprint density at radius 2 is 2.00 bits per heavy atom. The summed E-state index contributed by atoms with van der Waals surface area (Å²) in [5.74, 6) is -0.137. The Labute approximate surface area is 191 Å². The number of Topliss-reactive ketones (excluding diaryl/α,β-unsaturated/α-hetero) is 1. The molecule has 4 aromatic rings. The van der Waals surface area contributed by atoms with E-state index in [9.17, 15) is 9.59 Å². The largest absolute Gasteiger partial charge is 0.370 e. The molecular weight excluding hydrogens is 478 g/mol. The van der Waals surface area contributed by atoms with E-state index in [1.807, 2.05) is 19.1 Å². The van der Waals surface area contributed by atoms with Crippen molar-refractivity contribution in [3.8, 4) is 0 Å². The quantitative estimate of drug-likeness (QED) is 0.379. The summed E-state index contributed by atoms with van der Waals surface area (Å²) < 4.78 is 8.80. The van der Waals surface area contributed by atoms with E-state index in [0.717, 1.165) is 32.4 Å². The third-order valence-corrected chi connectivity index (χ3v) is 7.30. The second kappa shape index (κ2) is 7.32. The fourth-order valence-electron chi connectivity index (χ4n) is 4.05. The normalized spacial score (nSPS) is 15.4. The summed E-state index contributed by atoms with van der Waals surface area (Å²) in [6.07, 6.45) is 2.21. The molecule has 6 nitrogen and oxygen atoms in total. The van der Waals surface area contributed by atoms with Gasteiger partial charge in [0.1, 0.15) is 9.53 Å². The summed E-state index contributed by atoms with van der Waals surface area (Å²) >= 11 is 4.72. The van der Waals surface area contributed by atoms with Gasteiger partial charge in [0.15, 0.2) is 5.78 Å². The number of thiophene rings is 1. The predicted octanol–water partition coefficient (Wildman–Crippen LogP) is 4.81. The molecule has 0 radical (unpaired) electrons. The Balaban J connectivity index is 1.63. The minimum absolute atomic E-state index is 0.0525. The molecule has 0 atom stereocenters.